The Bertz CT molecular complexity index is 733. The molecule has 2 saturated heterocycles. The maximum absolute atomic E-state index is 13.1. The minimum absolute atomic E-state index is 0.208. The molecule has 8 nitrogen and oxygen atoms in total. The van der Waals surface area contributed by atoms with E-state index in [1.807, 2.05) is 43.1 Å². The molecule has 0 bridgehead atoms. The largest absolute Gasteiger partial charge is 0.385 e. The van der Waals surface area contributed by atoms with Crippen LogP contribution in [-0.2, 0) is 16.1 Å². The molecule has 0 aliphatic carbocycles. The minimum atomic E-state index is -0.487. The molecule has 0 aromatic heterocycles. The van der Waals surface area contributed by atoms with Crippen LogP contribution in [-0.4, -0.2) is 79.2 Å². The first kappa shape index (κ1) is 19.2. The van der Waals surface area contributed by atoms with Gasteiger partial charge in [-0.3, -0.25) is 14.7 Å². The second-order valence-electron chi connectivity index (χ2n) is 7.00. The van der Waals surface area contributed by atoms with Gasteiger partial charge in [0, 0.05) is 34.4 Å². The smallest absolute Gasteiger partial charge is 0.328 e. The van der Waals surface area contributed by atoms with E-state index in [0.29, 0.717) is 19.1 Å². The van der Waals surface area contributed by atoms with Crippen molar-refractivity contribution in [3.8, 4) is 0 Å². The Morgan fingerprint density at radius 1 is 1.15 bits per heavy atom. The Morgan fingerprint density at radius 2 is 1.85 bits per heavy atom. The summed E-state index contributed by atoms with van der Waals surface area (Å²) in [5, 5.41) is 3.21. The second kappa shape index (κ2) is 7.96. The molecule has 0 spiro atoms. The average molecular weight is 373 g/mol. The van der Waals surface area contributed by atoms with Crippen LogP contribution in [0.15, 0.2) is 29.3 Å². The van der Waals surface area contributed by atoms with Crippen molar-refractivity contribution in [1.82, 2.24) is 20.0 Å². The molecule has 146 valence electrons. The number of imide groups is 1. The number of guanidine groups is 1. The monoisotopic (exact) mass is 373 g/mol. The van der Waals surface area contributed by atoms with Crippen LogP contribution in [0.25, 0.3) is 0 Å². The van der Waals surface area contributed by atoms with Gasteiger partial charge < -0.3 is 19.9 Å². The Balaban J connectivity index is 1.77. The van der Waals surface area contributed by atoms with Crippen molar-refractivity contribution in [2.75, 3.05) is 34.4 Å². The topological polar surface area (TPSA) is 77.5 Å². The molecular formula is C19H27N5O3. The number of methoxy groups -OCH3 is 1. The number of hydrogen-bond acceptors (Lipinski definition) is 4. The number of fused-ring (bicyclic) bond motifs is 1. The summed E-state index contributed by atoms with van der Waals surface area (Å²) in [5.41, 5.74) is 2.07. The lowest BCUT2D eigenvalue weighted by Gasteiger charge is -2.40. The van der Waals surface area contributed by atoms with Crippen LogP contribution in [0.3, 0.4) is 0 Å². The minimum Gasteiger partial charge on any atom is -0.385 e. The summed E-state index contributed by atoms with van der Waals surface area (Å²) in [6.45, 7) is 3.50. The number of rotatable bonds is 6. The highest BCUT2D eigenvalue weighted by atomic mass is 16.5. The quantitative estimate of drug-likeness (QED) is 0.753. The SMILES string of the molecule is COCCCN=C1NC2C(C(=O)N(Cc3ccc(C)cc3)C(=O)N2C)N1C. The zero-order chi connectivity index (χ0) is 19.6. The molecule has 2 fully saturated rings. The molecular weight excluding hydrogens is 346 g/mol. The fourth-order valence-electron chi connectivity index (χ4n) is 3.40. The highest BCUT2D eigenvalue weighted by Crippen LogP contribution is 2.25. The first-order valence-corrected chi connectivity index (χ1v) is 9.10. The third-order valence-corrected chi connectivity index (χ3v) is 5.03. The van der Waals surface area contributed by atoms with Gasteiger partial charge in [0.05, 0.1) is 6.54 Å². The van der Waals surface area contributed by atoms with E-state index >= 15 is 0 Å². The second-order valence-corrected chi connectivity index (χ2v) is 7.00. The Labute approximate surface area is 159 Å². The van der Waals surface area contributed by atoms with Crippen molar-refractivity contribution >= 4 is 17.9 Å². The molecule has 2 aliphatic rings. The Hall–Kier alpha value is -2.61. The van der Waals surface area contributed by atoms with Gasteiger partial charge in [0.2, 0.25) is 0 Å². The third kappa shape index (κ3) is 3.75. The van der Waals surface area contributed by atoms with Gasteiger partial charge in [-0.1, -0.05) is 29.8 Å². The molecule has 2 unspecified atom stereocenters. The normalized spacial score (nSPS) is 23.9. The van der Waals surface area contributed by atoms with Crippen molar-refractivity contribution in [3.63, 3.8) is 0 Å². The summed E-state index contributed by atoms with van der Waals surface area (Å²) in [6.07, 6.45) is 0.387. The number of benzene rings is 1. The highest BCUT2D eigenvalue weighted by molar-refractivity contribution is 6.04. The van der Waals surface area contributed by atoms with E-state index < -0.39 is 12.2 Å². The van der Waals surface area contributed by atoms with E-state index in [4.69, 9.17) is 4.74 Å². The predicted octanol–water partition coefficient (Wildman–Crippen LogP) is 1.01. The van der Waals surface area contributed by atoms with Crippen molar-refractivity contribution in [2.45, 2.75) is 32.1 Å². The summed E-state index contributed by atoms with van der Waals surface area (Å²) < 4.78 is 5.04. The first-order valence-electron chi connectivity index (χ1n) is 9.10. The number of nitrogens with zero attached hydrogens (tertiary/aromatic N) is 4. The van der Waals surface area contributed by atoms with Gasteiger partial charge in [-0.2, -0.15) is 0 Å². The molecule has 2 atom stereocenters. The molecule has 3 rings (SSSR count). The van der Waals surface area contributed by atoms with E-state index in [1.165, 1.54) is 4.90 Å². The summed E-state index contributed by atoms with van der Waals surface area (Å²) in [4.78, 5) is 35.1. The molecule has 1 N–H and O–H groups in total. The van der Waals surface area contributed by atoms with Crippen molar-refractivity contribution in [3.05, 3.63) is 35.4 Å². The van der Waals surface area contributed by atoms with Gasteiger partial charge in [-0.05, 0) is 18.9 Å². The maximum atomic E-state index is 13.1. The number of likely N-dealkylation sites (N-methyl/N-ethyl adjacent to an activating group) is 2. The number of aliphatic imine (C=N–C) groups is 1. The van der Waals surface area contributed by atoms with E-state index in [-0.39, 0.29) is 18.5 Å². The lowest BCUT2D eigenvalue weighted by Crippen LogP contribution is -2.65. The highest BCUT2D eigenvalue weighted by Gasteiger charge is 2.51. The van der Waals surface area contributed by atoms with Crippen LogP contribution >= 0.6 is 0 Å². The number of nitrogens with one attached hydrogen (secondary N) is 1. The zero-order valence-electron chi connectivity index (χ0n) is 16.3. The number of carbonyl (C=O) groups is 2. The average Bonchev–Trinajstić information content (AvgIpc) is 2.99. The number of hydrogen-bond donors (Lipinski definition) is 1. The predicted molar refractivity (Wildman–Crippen MR) is 102 cm³/mol. The van der Waals surface area contributed by atoms with E-state index in [2.05, 4.69) is 10.3 Å². The fraction of sp³-hybridized carbons (Fsp3) is 0.526. The molecule has 3 amide bonds. The molecule has 1 aromatic rings. The molecule has 2 aliphatic heterocycles. The summed E-state index contributed by atoms with van der Waals surface area (Å²) in [5.74, 6) is 0.423. The van der Waals surface area contributed by atoms with E-state index in [0.717, 1.165) is 17.5 Å². The lowest BCUT2D eigenvalue weighted by molar-refractivity contribution is -0.137. The van der Waals surface area contributed by atoms with Gasteiger partial charge in [-0.15, -0.1) is 0 Å². The van der Waals surface area contributed by atoms with Crippen molar-refractivity contribution in [1.29, 1.82) is 0 Å². The van der Waals surface area contributed by atoms with Crippen LogP contribution in [0, 0.1) is 6.92 Å². The zero-order valence-corrected chi connectivity index (χ0v) is 16.3. The first-order chi connectivity index (χ1) is 12.9. The molecule has 0 radical (unpaired) electrons. The lowest BCUT2D eigenvalue weighted by atomic mass is 10.1. The standard InChI is InChI=1S/C19H27N5O3/c1-13-6-8-14(9-7-13)12-24-17(25)15-16(23(3)19(24)26)21-18(22(15)2)20-10-5-11-27-4/h6-9,15-16H,5,10-12H2,1-4H3,(H,20,21). The van der Waals surface area contributed by atoms with Crippen molar-refractivity contribution < 1.29 is 14.3 Å². The molecule has 2 heterocycles. The van der Waals surface area contributed by atoms with Crippen LogP contribution in [0.5, 0.6) is 0 Å². The van der Waals surface area contributed by atoms with E-state index in [9.17, 15) is 9.59 Å². The molecule has 27 heavy (non-hydrogen) atoms. The number of ether oxygens (including phenoxy) is 1. The van der Waals surface area contributed by atoms with Gasteiger partial charge in [0.15, 0.2) is 12.0 Å². The Morgan fingerprint density at radius 3 is 2.52 bits per heavy atom. The van der Waals surface area contributed by atoms with Gasteiger partial charge in [0.25, 0.3) is 5.91 Å². The van der Waals surface area contributed by atoms with Crippen LogP contribution < -0.4 is 5.32 Å². The summed E-state index contributed by atoms with van der Waals surface area (Å²) in [6, 6.07) is 7.06. The van der Waals surface area contributed by atoms with Crippen LogP contribution in [0.1, 0.15) is 17.5 Å². The third-order valence-electron chi connectivity index (χ3n) is 5.03. The number of aryl methyl sites for hydroxylation is 1. The number of urea groups is 1. The fourth-order valence-corrected chi connectivity index (χ4v) is 3.40. The summed E-state index contributed by atoms with van der Waals surface area (Å²) >= 11 is 0. The maximum Gasteiger partial charge on any atom is 0.328 e. The molecule has 0 saturated carbocycles. The number of carbonyl (C=O) groups excluding carboxylic acids is 2. The van der Waals surface area contributed by atoms with Gasteiger partial charge >= 0.3 is 6.03 Å². The van der Waals surface area contributed by atoms with Crippen LogP contribution in [0.2, 0.25) is 0 Å². The number of amides is 3. The van der Waals surface area contributed by atoms with Crippen LogP contribution in [0.4, 0.5) is 4.79 Å². The van der Waals surface area contributed by atoms with Gasteiger partial charge in [-0.25, -0.2) is 4.79 Å². The van der Waals surface area contributed by atoms with Gasteiger partial charge in [0.1, 0.15) is 6.17 Å². The molecule has 1 aromatic carbocycles. The summed E-state index contributed by atoms with van der Waals surface area (Å²) in [7, 11) is 5.20. The van der Waals surface area contributed by atoms with Crippen molar-refractivity contribution in [2.24, 2.45) is 4.99 Å². The van der Waals surface area contributed by atoms with E-state index in [1.54, 1.807) is 19.1 Å². The Kier molecular flexibility index (Phi) is 5.65. The molecule has 8 heteroatoms.